The Bertz CT molecular complexity index is 187. The minimum Gasteiger partial charge on any atom is -0.114 e. The molecular formula is C24H58BrNiP2+. The first kappa shape index (κ1) is 37.2. The Kier molecular flexibility index (Phi) is 44.4. The SMILES string of the molecule is Br.CCCCP(CCCC)CCCC.CCCC[PH+](CCCC)CCCC.[HH].[Ni]. The van der Waals surface area contributed by atoms with Gasteiger partial charge in [0, 0.05) is 25.8 Å². The molecule has 0 nitrogen and oxygen atoms in total. The zero-order valence-electron chi connectivity index (χ0n) is 20.4. The fraction of sp³-hybridized carbons (Fsp3) is 1.00. The van der Waals surface area contributed by atoms with E-state index in [-0.39, 0.29) is 42.8 Å². The maximum absolute atomic E-state index is 2.32. The summed E-state index contributed by atoms with van der Waals surface area (Å²) in [5, 5.41) is 0. The first-order valence-corrected chi connectivity index (χ1v) is 16.3. The number of hydrogen-bond donors (Lipinski definition) is 0. The molecule has 0 aromatic rings. The van der Waals surface area contributed by atoms with Crippen LogP contribution in [0.15, 0.2) is 0 Å². The van der Waals surface area contributed by atoms with Crippen molar-refractivity contribution in [2.24, 2.45) is 0 Å². The molecule has 28 heavy (non-hydrogen) atoms. The molecule has 0 saturated carbocycles. The molecule has 0 saturated heterocycles. The summed E-state index contributed by atoms with van der Waals surface area (Å²) in [6.45, 7) is 13.9. The van der Waals surface area contributed by atoms with Crippen molar-refractivity contribution < 1.29 is 17.9 Å². The van der Waals surface area contributed by atoms with Gasteiger partial charge in [0.25, 0.3) is 0 Å². The van der Waals surface area contributed by atoms with Gasteiger partial charge in [0.15, 0.2) is 0 Å². The van der Waals surface area contributed by atoms with E-state index in [9.17, 15) is 0 Å². The average molecular weight is 547 g/mol. The summed E-state index contributed by atoms with van der Waals surface area (Å²) >= 11 is 0. The molecule has 4 heteroatoms. The fourth-order valence-electron chi connectivity index (χ4n) is 3.14. The number of hydrogen-bond acceptors (Lipinski definition) is 0. The summed E-state index contributed by atoms with van der Waals surface area (Å²) in [6, 6.07) is 0. The van der Waals surface area contributed by atoms with E-state index in [1.54, 1.807) is 37.0 Å². The maximum atomic E-state index is 2.32. The van der Waals surface area contributed by atoms with E-state index >= 15 is 0 Å². The first-order valence-electron chi connectivity index (χ1n) is 12.3. The standard InChI is InChI=1S/2C12H27P.BrH.Ni.H2/c2*1-4-7-10-13(11-8-5-2)12-9-6-3;;;/h2*4-12H2,1-3H3;1H;;1H/p+1. The second-order valence-electron chi connectivity index (χ2n) is 7.96. The zero-order chi connectivity index (χ0) is 19.9. The Hall–Kier alpha value is 1.83. The van der Waals surface area contributed by atoms with Crippen LogP contribution in [0, 0.1) is 0 Å². The molecule has 0 bridgehead atoms. The molecular weight excluding hydrogens is 489 g/mol. The fourth-order valence-corrected chi connectivity index (χ4v) is 9.41. The molecule has 0 rings (SSSR count). The van der Waals surface area contributed by atoms with E-state index in [0.29, 0.717) is 7.92 Å². The third-order valence-corrected chi connectivity index (χ3v) is 11.2. The summed E-state index contributed by atoms with van der Waals surface area (Å²) < 4.78 is 0. The largest absolute Gasteiger partial charge is 0.114 e. The molecule has 0 atom stereocenters. The van der Waals surface area contributed by atoms with E-state index in [1.807, 2.05) is 0 Å². The molecule has 0 aromatic carbocycles. The second kappa shape index (κ2) is 33.5. The van der Waals surface area contributed by atoms with E-state index < -0.39 is 0 Å². The maximum Gasteiger partial charge on any atom is 0.0571 e. The summed E-state index contributed by atoms with van der Waals surface area (Å²) in [5.41, 5.74) is 0. The second-order valence-corrected chi connectivity index (χ2v) is 13.6. The van der Waals surface area contributed by atoms with E-state index in [2.05, 4.69) is 41.5 Å². The Morgan fingerprint density at radius 2 is 0.750 bits per heavy atom. The van der Waals surface area contributed by atoms with E-state index in [4.69, 9.17) is 0 Å². The molecule has 0 N–H and O–H groups in total. The van der Waals surface area contributed by atoms with Crippen LogP contribution in [0.1, 0.15) is 120 Å². The topological polar surface area (TPSA) is 0 Å². The van der Waals surface area contributed by atoms with E-state index in [0.717, 1.165) is 0 Å². The van der Waals surface area contributed by atoms with Gasteiger partial charge >= 0.3 is 0 Å². The monoisotopic (exact) mass is 545 g/mol. The smallest absolute Gasteiger partial charge is 0.0571 e. The van der Waals surface area contributed by atoms with Gasteiger partial charge in [-0.05, 0) is 57.0 Å². The van der Waals surface area contributed by atoms with Crippen LogP contribution in [0.2, 0.25) is 0 Å². The summed E-state index contributed by atoms with van der Waals surface area (Å²) in [6.07, 6.45) is 26.6. The quantitative estimate of drug-likeness (QED) is 0.118. The molecule has 0 spiro atoms. The van der Waals surface area contributed by atoms with Gasteiger partial charge in [-0.1, -0.05) is 80.1 Å². The van der Waals surface area contributed by atoms with Crippen molar-refractivity contribution >= 4 is 32.8 Å². The van der Waals surface area contributed by atoms with Crippen LogP contribution in [0.5, 0.6) is 0 Å². The zero-order valence-corrected chi connectivity index (χ0v) is 25.0. The van der Waals surface area contributed by atoms with Gasteiger partial charge in [-0.15, -0.1) is 24.9 Å². The van der Waals surface area contributed by atoms with Gasteiger partial charge in [-0.25, -0.2) is 0 Å². The molecule has 0 unspecified atom stereocenters. The van der Waals surface area contributed by atoms with Crippen molar-refractivity contribution in [3.8, 4) is 0 Å². The summed E-state index contributed by atoms with van der Waals surface area (Å²) in [5.74, 6) is 0. The van der Waals surface area contributed by atoms with Crippen molar-refractivity contribution in [3.63, 3.8) is 0 Å². The Morgan fingerprint density at radius 3 is 0.964 bits per heavy atom. The van der Waals surface area contributed by atoms with Crippen molar-refractivity contribution in [2.45, 2.75) is 119 Å². The van der Waals surface area contributed by atoms with Crippen LogP contribution in [-0.2, 0) is 16.5 Å². The molecule has 0 amide bonds. The van der Waals surface area contributed by atoms with Crippen molar-refractivity contribution in [1.82, 2.24) is 0 Å². The van der Waals surface area contributed by atoms with Crippen molar-refractivity contribution in [1.29, 1.82) is 0 Å². The van der Waals surface area contributed by atoms with Gasteiger partial charge in [0.1, 0.15) is 0 Å². The normalized spacial score (nSPS) is 10.3. The molecule has 0 heterocycles. The van der Waals surface area contributed by atoms with Crippen molar-refractivity contribution in [2.75, 3.05) is 37.0 Å². The molecule has 180 valence electrons. The average Bonchev–Trinajstić information content (AvgIpc) is 2.67. The Morgan fingerprint density at radius 1 is 0.500 bits per heavy atom. The van der Waals surface area contributed by atoms with E-state index in [1.165, 1.54) is 77.0 Å². The van der Waals surface area contributed by atoms with Crippen molar-refractivity contribution in [3.05, 3.63) is 0 Å². The van der Waals surface area contributed by atoms with Gasteiger partial charge in [-0.3, -0.25) is 0 Å². The predicted octanol–water partition coefficient (Wildman–Crippen LogP) is 10.3. The van der Waals surface area contributed by atoms with Crippen LogP contribution in [0.3, 0.4) is 0 Å². The molecule has 0 aromatic heterocycles. The van der Waals surface area contributed by atoms with Gasteiger partial charge < -0.3 is 0 Å². The van der Waals surface area contributed by atoms with Crippen LogP contribution >= 0.6 is 32.8 Å². The number of halogens is 1. The Balaban J connectivity index is -0.000000120. The first-order chi connectivity index (χ1) is 12.7. The molecule has 0 aliphatic carbocycles. The number of rotatable bonds is 18. The van der Waals surface area contributed by atoms with Crippen LogP contribution in [0.25, 0.3) is 0 Å². The molecule has 0 radical (unpaired) electrons. The predicted molar refractivity (Wildman–Crippen MR) is 146 cm³/mol. The van der Waals surface area contributed by atoms with Crippen LogP contribution in [-0.4, -0.2) is 37.0 Å². The minimum atomic E-state index is 0. The van der Waals surface area contributed by atoms with Gasteiger partial charge in [-0.2, -0.15) is 0 Å². The summed E-state index contributed by atoms with van der Waals surface area (Å²) in [4.78, 5) is 0. The number of unbranched alkanes of at least 4 members (excludes halogenated alkanes) is 6. The third kappa shape index (κ3) is 30.0. The molecule has 0 aliphatic heterocycles. The molecule has 0 fully saturated rings. The Labute approximate surface area is 205 Å². The van der Waals surface area contributed by atoms with Crippen LogP contribution < -0.4 is 0 Å². The molecule has 0 aliphatic rings. The van der Waals surface area contributed by atoms with Gasteiger partial charge in [0.05, 0.1) is 18.5 Å². The van der Waals surface area contributed by atoms with Gasteiger partial charge in [0.2, 0.25) is 0 Å². The summed E-state index contributed by atoms with van der Waals surface area (Å²) in [7, 11) is 0.489. The minimum absolute atomic E-state index is 0. The third-order valence-electron chi connectivity index (χ3n) is 5.14. The van der Waals surface area contributed by atoms with Crippen LogP contribution in [0.4, 0.5) is 0 Å².